The van der Waals surface area contributed by atoms with E-state index in [1.54, 1.807) is 6.07 Å². The maximum Gasteiger partial charge on any atom is 0.259 e. The van der Waals surface area contributed by atoms with Gasteiger partial charge in [-0.2, -0.15) is 0 Å². The quantitative estimate of drug-likeness (QED) is 0.584. The minimum Gasteiger partial charge on any atom is -0.492 e. The van der Waals surface area contributed by atoms with E-state index < -0.39 is 17.6 Å². The fourth-order valence-electron chi connectivity index (χ4n) is 5.75. The second-order valence-electron chi connectivity index (χ2n) is 9.98. The highest BCUT2D eigenvalue weighted by atomic mass is 19.1. The van der Waals surface area contributed by atoms with Gasteiger partial charge in [-0.25, -0.2) is 4.39 Å². The minimum atomic E-state index is -0.596. The Hall–Kier alpha value is -3.45. The second kappa shape index (κ2) is 7.53. The van der Waals surface area contributed by atoms with Gasteiger partial charge in [0.15, 0.2) is 0 Å². The Balaban J connectivity index is 1.63. The summed E-state index contributed by atoms with van der Waals surface area (Å²) in [6, 6.07) is 11.1. The second-order valence-corrected chi connectivity index (χ2v) is 9.98. The topological polar surface area (TPSA) is 72.4 Å². The molecule has 6 nitrogen and oxygen atoms in total. The van der Waals surface area contributed by atoms with Crippen molar-refractivity contribution >= 4 is 33.9 Å². The van der Waals surface area contributed by atoms with Gasteiger partial charge in [0.05, 0.1) is 23.3 Å². The molecule has 3 aliphatic heterocycles. The van der Waals surface area contributed by atoms with Crippen molar-refractivity contribution in [1.82, 2.24) is 15.2 Å². The Morgan fingerprint density at radius 1 is 1.09 bits per heavy atom. The average Bonchev–Trinajstić information content (AvgIpc) is 3.49. The first-order valence-corrected chi connectivity index (χ1v) is 11.7. The number of piperidine rings is 1. The van der Waals surface area contributed by atoms with E-state index in [9.17, 15) is 9.59 Å². The molecule has 6 rings (SSSR count). The standard InChI is InChI=1S/C27H26FN3O3/c1-27(2)14-29-11-9-20(27)31-13-17(16-5-3-4-6-19(16)31)21-23(26(33)30-25(21)32)22-18(28)8-7-15-10-12-34-24(15)22/h3-8,13,20,29H,9-12,14H2,1-2H3,(H,30,32,33). The van der Waals surface area contributed by atoms with Gasteiger partial charge in [0.1, 0.15) is 11.6 Å². The Morgan fingerprint density at radius 2 is 1.88 bits per heavy atom. The lowest BCUT2D eigenvalue weighted by Crippen LogP contribution is -2.43. The highest BCUT2D eigenvalue weighted by Crippen LogP contribution is 2.45. The molecule has 2 aromatic carbocycles. The zero-order chi connectivity index (χ0) is 23.6. The minimum absolute atomic E-state index is 0.0114. The summed E-state index contributed by atoms with van der Waals surface area (Å²) in [6.07, 6.45) is 3.56. The van der Waals surface area contributed by atoms with E-state index in [-0.39, 0.29) is 28.2 Å². The van der Waals surface area contributed by atoms with Gasteiger partial charge in [-0.1, -0.05) is 38.1 Å². The van der Waals surface area contributed by atoms with Crippen LogP contribution in [0.2, 0.25) is 0 Å². The Kier molecular flexibility index (Phi) is 4.68. The van der Waals surface area contributed by atoms with Crippen molar-refractivity contribution in [3.63, 3.8) is 0 Å². The van der Waals surface area contributed by atoms with Gasteiger partial charge in [0, 0.05) is 41.7 Å². The summed E-state index contributed by atoms with van der Waals surface area (Å²) in [5.41, 5.74) is 2.79. The van der Waals surface area contributed by atoms with Crippen LogP contribution in [0.5, 0.6) is 5.75 Å². The highest BCUT2D eigenvalue weighted by molar-refractivity contribution is 6.50. The number of carbonyl (C=O) groups excluding carboxylic acids is 2. The van der Waals surface area contributed by atoms with Crippen LogP contribution >= 0.6 is 0 Å². The Bertz CT molecular complexity index is 1400. The predicted octanol–water partition coefficient (Wildman–Crippen LogP) is 3.84. The molecule has 3 aliphatic rings. The van der Waals surface area contributed by atoms with Gasteiger partial charge in [0.2, 0.25) is 0 Å². The molecular weight excluding hydrogens is 433 g/mol. The number of nitrogens with zero attached hydrogens (tertiary/aromatic N) is 1. The summed E-state index contributed by atoms with van der Waals surface area (Å²) in [5.74, 6) is -1.31. The number of ether oxygens (including phenoxy) is 1. The average molecular weight is 460 g/mol. The molecule has 0 radical (unpaired) electrons. The van der Waals surface area contributed by atoms with Gasteiger partial charge in [-0.15, -0.1) is 0 Å². The Morgan fingerprint density at radius 3 is 2.71 bits per heavy atom. The van der Waals surface area contributed by atoms with E-state index >= 15 is 4.39 Å². The zero-order valence-electron chi connectivity index (χ0n) is 19.2. The summed E-state index contributed by atoms with van der Waals surface area (Å²) in [7, 11) is 0. The fourth-order valence-corrected chi connectivity index (χ4v) is 5.75. The molecule has 1 fully saturated rings. The molecule has 1 atom stereocenters. The lowest BCUT2D eigenvalue weighted by atomic mass is 9.80. The van der Waals surface area contributed by atoms with Crippen LogP contribution in [0, 0.1) is 11.2 Å². The van der Waals surface area contributed by atoms with E-state index in [4.69, 9.17) is 4.74 Å². The lowest BCUT2D eigenvalue weighted by molar-refractivity contribution is -0.122. The summed E-state index contributed by atoms with van der Waals surface area (Å²) in [6.45, 7) is 6.67. The molecule has 1 aromatic heterocycles. The number of rotatable bonds is 3. The molecule has 174 valence electrons. The number of carbonyl (C=O) groups is 2. The van der Waals surface area contributed by atoms with Crippen molar-refractivity contribution in [2.45, 2.75) is 32.7 Å². The van der Waals surface area contributed by atoms with Crippen molar-refractivity contribution in [2.75, 3.05) is 19.7 Å². The molecule has 0 spiro atoms. The zero-order valence-corrected chi connectivity index (χ0v) is 19.2. The number of aromatic nitrogens is 1. The third-order valence-electron chi connectivity index (χ3n) is 7.41. The molecule has 2 amide bonds. The lowest BCUT2D eigenvalue weighted by Gasteiger charge is -2.40. The van der Waals surface area contributed by atoms with E-state index in [1.807, 2.05) is 30.5 Å². The first-order valence-electron chi connectivity index (χ1n) is 11.7. The largest absolute Gasteiger partial charge is 0.492 e. The number of nitrogens with one attached hydrogen (secondary N) is 2. The van der Waals surface area contributed by atoms with E-state index in [0.29, 0.717) is 24.3 Å². The van der Waals surface area contributed by atoms with Crippen molar-refractivity contribution in [2.24, 2.45) is 5.41 Å². The number of amides is 2. The first kappa shape index (κ1) is 21.1. The third-order valence-corrected chi connectivity index (χ3v) is 7.41. The van der Waals surface area contributed by atoms with Crippen LogP contribution in [-0.2, 0) is 16.0 Å². The van der Waals surface area contributed by atoms with Crippen LogP contribution in [-0.4, -0.2) is 36.1 Å². The number of halogens is 1. The fraction of sp³-hybridized carbons (Fsp3) is 0.333. The summed E-state index contributed by atoms with van der Waals surface area (Å²) in [4.78, 5) is 26.2. The van der Waals surface area contributed by atoms with Crippen LogP contribution in [0.25, 0.3) is 22.0 Å². The van der Waals surface area contributed by atoms with Gasteiger partial charge in [-0.3, -0.25) is 14.9 Å². The molecule has 34 heavy (non-hydrogen) atoms. The number of fused-ring (bicyclic) bond motifs is 2. The van der Waals surface area contributed by atoms with Gasteiger partial charge >= 0.3 is 0 Å². The van der Waals surface area contributed by atoms with E-state index in [0.717, 1.165) is 36.0 Å². The molecule has 3 aromatic rings. The monoisotopic (exact) mass is 459 g/mol. The van der Waals surface area contributed by atoms with Crippen molar-refractivity contribution in [1.29, 1.82) is 0 Å². The first-order chi connectivity index (χ1) is 16.4. The van der Waals surface area contributed by atoms with Crippen molar-refractivity contribution in [3.8, 4) is 5.75 Å². The molecule has 0 saturated carbocycles. The molecule has 1 saturated heterocycles. The number of imide groups is 1. The number of para-hydroxylation sites is 1. The maximum absolute atomic E-state index is 15.2. The molecular formula is C27H26FN3O3. The van der Waals surface area contributed by atoms with Gasteiger partial charge < -0.3 is 14.6 Å². The van der Waals surface area contributed by atoms with Crippen molar-refractivity contribution < 1.29 is 18.7 Å². The summed E-state index contributed by atoms with van der Waals surface area (Å²) >= 11 is 0. The summed E-state index contributed by atoms with van der Waals surface area (Å²) in [5, 5.41) is 6.74. The molecule has 4 heterocycles. The normalized spacial score (nSPS) is 21.7. The number of benzene rings is 2. The molecule has 2 N–H and O–H groups in total. The number of hydrogen-bond donors (Lipinski definition) is 2. The van der Waals surface area contributed by atoms with E-state index in [2.05, 4.69) is 29.0 Å². The molecule has 1 unspecified atom stereocenters. The van der Waals surface area contributed by atoms with Crippen LogP contribution in [0.3, 0.4) is 0 Å². The SMILES string of the molecule is CC1(C)CNCCC1n1cc(C2=C(c3c(F)ccc4c3OCC4)C(=O)NC2=O)c2ccccc21. The maximum atomic E-state index is 15.2. The van der Waals surface area contributed by atoms with Crippen molar-refractivity contribution in [3.05, 3.63) is 65.1 Å². The van der Waals surface area contributed by atoms with E-state index in [1.165, 1.54) is 6.07 Å². The molecule has 0 bridgehead atoms. The van der Waals surface area contributed by atoms with Crippen LogP contribution in [0.15, 0.2) is 42.6 Å². The van der Waals surface area contributed by atoms with Crippen LogP contribution < -0.4 is 15.4 Å². The van der Waals surface area contributed by atoms with Gasteiger partial charge in [-0.05, 0) is 36.1 Å². The predicted molar refractivity (Wildman–Crippen MR) is 128 cm³/mol. The smallest absolute Gasteiger partial charge is 0.259 e. The number of hydrogen-bond acceptors (Lipinski definition) is 4. The van der Waals surface area contributed by atoms with Crippen LogP contribution in [0.4, 0.5) is 4.39 Å². The molecule has 7 heteroatoms. The van der Waals surface area contributed by atoms with Crippen LogP contribution in [0.1, 0.15) is 43.0 Å². The Labute approximate surface area is 196 Å². The highest BCUT2D eigenvalue weighted by Gasteiger charge is 2.39. The summed E-state index contributed by atoms with van der Waals surface area (Å²) < 4.78 is 23.1. The molecule has 0 aliphatic carbocycles. The van der Waals surface area contributed by atoms with Gasteiger partial charge in [0.25, 0.3) is 11.8 Å². The third kappa shape index (κ3) is 3.03.